The van der Waals surface area contributed by atoms with Crippen LogP contribution in [0.1, 0.15) is 36.6 Å². The maximum absolute atomic E-state index is 5.35. The number of hydrogen-bond donors (Lipinski definition) is 0. The number of aryl methyl sites for hydroxylation is 1. The monoisotopic (exact) mass is 189 g/mol. The van der Waals surface area contributed by atoms with Gasteiger partial charge in [-0.15, -0.1) is 0 Å². The normalized spacial score (nSPS) is 14.0. The van der Waals surface area contributed by atoms with Crippen LogP contribution < -0.4 is 4.74 Å². The molecule has 0 spiro atoms. The number of aromatic nitrogens is 1. The highest BCUT2D eigenvalue weighted by Gasteiger charge is 2.13. The zero-order valence-corrected chi connectivity index (χ0v) is 8.87. The molecule has 0 saturated carbocycles. The van der Waals surface area contributed by atoms with Gasteiger partial charge in [-0.3, -0.25) is 0 Å². The standard InChI is InChI=1S/C12H15NO/c1-8(2)11-7-10-5-4-6-14-12(10)13-9(11)3/h4,6-8H,5H2,1-3H3. The van der Waals surface area contributed by atoms with E-state index in [2.05, 4.69) is 24.9 Å². The SMILES string of the molecule is Cc1nc2c(cc1C(C)C)CC=CO2. The van der Waals surface area contributed by atoms with E-state index in [1.165, 1.54) is 11.1 Å². The number of hydrogen-bond acceptors (Lipinski definition) is 2. The Balaban J connectivity index is 2.48. The molecule has 0 saturated heterocycles. The van der Waals surface area contributed by atoms with Gasteiger partial charge in [-0.05, 0) is 37.0 Å². The molecule has 0 amide bonds. The zero-order chi connectivity index (χ0) is 10.1. The number of fused-ring (bicyclic) bond motifs is 1. The average Bonchev–Trinajstić information content (AvgIpc) is 2.16. The summed E-state index contributed by atoms with van der Waals surface area (Å²) in [4.78, 5) is 4.46. The van der Waals surface area contributed by atoms with Crippen LogP contribution in [0.2, 0.25) is 0 Å². The maximum Gasteiger partial charge on any atom is 0.222 e. The molecule has 2 nitrogen and oxygen atoms in total. The van der Waals surface area contributed by atoms with Crippen molar-refractivity contribution in [2.24, 2.45) is 0 Å². The van der Waals surface area contributed by atoms with Gasteiger partial charge in [0.25, 0.3) is 0 Å². The van der Waals surface area contributed by atoms with Crippen molar-refractivity contribution in [2.45, 2.75) is 33.1 Å². The lowest BCUT2D eigenvalue weighted by Gasteiger charge is -2.16. The van der Waals surface area contributed by atoms with Gasteiger partial charge in [-0.1, -0.05) is 13.8 Å². The van der Waals surface area contributed by atoms with Crippen molar-refractivity contribution in [3.63, 3.8) is 0 Å². The zero-order valence-electron chi connectivity index (χ0n) is 8.87. The molecule has 0 radical (unpaired) electrons. The van der Waals surface area contributed by atoms with Crippen LogP contribution in [0.15, 0.2) is 18.4 Å². The average molecular weight is 189 g/mol. The molecule has 1 aliphatic heterocycles. The van der Waals surface area contributed by atoms with Crippen molar-refractivity contribution < 1.29 is 4.74 Å². The first kappa shape index (κ1) is 9.25. The summed E-state index contributed by atoms with van der Waals surface area (Å²) in [6, 6.07) is 2.21. The summed E-state index contributed by atoms with van der Waals surface area (Å²) < 4.78 is 5.35. The van der Waals surface area contributed by atoms with Crippen molar-refractivity contribution in [1.82, 2.24) is 4.98 Å². The van der Waals surface area contributed by atoms with E-state index in [4.69, 9.17) is 4.74 Å². The van der Waals surface area contributed by atoms with E-state index in [0.29, 0.717) is 5.92 Å². The van der Waals surface area contributed by atoms with Gasteiger partial charge in [0.1, 0.15) is 0 Å². The minimum Gasteiger partial charge on any atom is -0.447 e. The van der Waals surface area contributed by atoms with Gasteiger partial charge in [-0.25, -0.2) is 4.98 Å². The first-order valence-electron chi connectivity index (χ1n) is 5.00. The van der Waals surface area contributed by atoms with Crippen molar-refractivity contribution in [3.05, 3.63) is 35.2 Å². The van der Waals surface area contributed by atoms with Crippen molar-refractivity contribution in [1.29, 1.82) is 0 Å². The number of allylic oxidation sites excluding steroid dienone is 1. The Morgan fingerprint density at radius 3 is 2.93 bits per heavy atom. The molecule has 1 aliphatic rings. The van der Waals surface area contributed by atoms with Crippen LogP contribution in [0.25, 0.3) is 0 Å². The molecular weight excluding hydrogens is 174 g/mol. The Bertz CT molecular complexity index is 380. The van der Waals surface area contributed by atoms with Gasteiger partial charge < -0.3 is 4.74 Å². The van der Waals surface area contributed by atoms with E-state index in [-0.39, 0.29) is 0 Å². The molecule has 0 fully saturated rings. The molecule has 0 aliphatic carbocycles. The molecule has 2 rings (SSSR count). The fraction of sp³-hybridized carbons (Fsp3) is 0.417. The van der Waals surface area contributed by atoms with Crippen molar-refractivity contribution in [2.75, 3.05) is 0 Å². The molecule has 1 aromatic heterocycles. The molecule has 0 unspecified atom stereocenters. The second kappa shape index (κ2) is 3.45. The quantitative estimate of drug-likeness (QED) is 0.677. The lowest BCUT2D eigenvalue weighted by Crippen LogP contribution is -2.04. The van der Waals surface area contributed by atoms with Gasteiger partial charge >= 0.3 is 0 Å². The molecule has 0 N–H and O–H groups in total. The fourth-order valence-corrected chi connectivity index (χ4v) is 1.76. The van der Waals surface area contributed by atoms with E-state index >= 15 is 0 Å². The molecule has 74 valence electrons. The summed E-state index contributed by atoms with van der Waals surface area (Å²) in [5, 5.41) is 0. The third-order valence-electron chi connectivity index (χ3n) is 2.53. The van der Waals surface area contributed by atoms with Gasteiger partial charge in [0.15, 0.2) is 0 Å². The summed E-state index contributed by atoms with van der Waals surface area (Å²) in [5.41, 5.74) is 3.60. The maximum atomic E-state index is 5.35. The Hall–Kier alpha value is -1.31. The van der Waals surface area contributed by atoms with Crippen LogP contribution in [0, 0.1) is 6.92 Å². The molecule has 2 heteroatoms. The largest absolute Gasteiger partial charge is 0.447 e. The van der Waals surface area contributed by atoms with Crippen LogP contribution in [-0.4, -0.2) is 4.98 Å². The highest BCUT2D eigenvalue weighted by atomic mass is 16.5. The highest BCUT2D eigenvalue weighted by molar-refractivity contribution is 5.38. The third-order valence-corrected chi connectivity index (χ3v) is 2.53. The molecule has 0 aromatic carbocycles. The smallest absolute Gasteiger partial charge is 0.222 e. The van der Waals surface area contributed by atoms with Gasteiger partial charge in [-0.2, -0.15) is 0 Å². The molecule has 14 heavy (non-hydrogen) atoms. The summed E-state index contributed by atoms with van der Waals surface area (Å²) in [6.45, 7) is 6.42. The van der Waals surface area contributed by atoms with Crippen molar-refractivity contribution >= 4 is 0 Å². The predicted molar refractivity (Wildman–Crippen MR) is 56.5 cm³/mol. The topological polar surface area (TPSA) is 22.1 Å². The van der Waals surface area contributed by atoms with Crippen LogP contribution in [0.4, 0.5) is 0 Å². The van der Waals surface area contributed by atoms with Crippen LogP contribution in [-0.2, 0) is 6.42 Å². The second-order valence-corrected chi connectivity index (χ2v) is 3.98. The minimum atomic E-state index is 0.527. The number of rotatable bonds is 1. The first-order valence-corrected chi connectivity index (χ1v) is 5.00. The fourth-order valence-electron chi connectivity index (χ4n) is 1.76. The number of nitrogens with zero attached hydrogens (tertiary/aromatic N) is 1. The molecule has 0 bridgehead atoms. The summed E-state index contributed by atoms with van der Waals surface area (Å²) in [6.07, 6.45) is 4.66. The predicted octanol–water partition coefficient (Wildman–Crippen LogP) is 2.96. The molecule has 0 atom stereocenters. The lowest BCUT2D eigenvalue weighted by molar-refractivity contribution is 0.442. The van der Waals surface area contributed by atoms with Crippen LogP contribution >= 0.6 is 0 Å². The Morgan fingerprint density at radius 1 is 1.43 bits per heavy atom. The van der Waals surface area contributed by atoms with Crippen LogP contribution in [0.3, 0.4) is 0 Å². The number of ether oxygens (including phenoxy) is 1. The Labute approximate surface area is 84.6 Å². The van der Waals surface area contributed by atoms with E-state index in [1.54, 1.807) is 6.26 Å². The highest BCUT2D eigenvalue weighted by Crippen LogP contribution is 2.27. The van der Waals surface area contributed by atoms with Crippen molar-refractivity contribution in [3.8, 4) is 5.88 Å². The number of pyridine rings is 1. The Morgan fingerprint density at radius 2 is 2.21 bits per heavy atom. The molecule has 2 heterocycles. The third kappa shape index (κ3) is 1.52. The van der Waals surface area contributed by atoms with E-state index in [1.807, 2.05) is 13.0 Å². The van der Waals surface area contributed by atoms with Gasteiger partial charge in [0.05, 0.1) is 6.26 Å². The van der Waals surface area contributed by atoms with E-state index in [0.717, 1.165) is 18.0 Å². The summed E-state index contributed by atoms with van der Waals surface area (Å²) >= 11 is 0. The summed E-state index contributed by atoms with van der Waals surface area (Å²) in [5.74, 6) is 1.30. The Kier molecular flexibility index (Phi) is 2.28. The molecule has 1 aromatic rings. The second-order valence-electron chi connectivity index (χ2n) is 3.98. The first-order chi connectivity index (χ1) is 6.68. The minimum absolute atomic E-state index is 0.527. The van der Waals surface area contributed by atoms with Gasteiger partial charge in [0, 0.05) is 11.3 Å². The molecular formula is C12H15NO. The van der Waals surface area contributed by atoms with Crippen LogP contribution in [0.5, 0.6) is 5.88 Å². The van der Waals surface area contributed by atoms with E-state index < -0.39 is 0 Å². The van der Waals surface area contributed by atoms with E-state index in [9.17, 15) is 0 Å². The summed E-state index contributed by atoms with van der Waals surface area (Å²) in [7, 11) is 0. The van der Waals surface area contributed by atoms with Gasteiger partial charge in [0.2, 0.25) is 5.88 Å². The lowest BCUT2D eigenvalue weighted by atomic mass is 9.98.